The van der Waals surface area contributed by atoms with E-state index in [-0.39, 0.29) is 19.6 Å². The van der Waals surface area contributed by atoms with Crippen LogP contribution in [0, 0.1) is 0 Å². The molecule has 0 aromatic heterocycles. The molecule has 0 fully saturated rings. The Labute approximate surface area is 418 Å². The van der Waals surface area contributed by atoms with Crippen molar-refractivity contribution in [3.63, 3.8) is 0 Å². The van der Waals surface area contributed by atoms with Gasteiger partial charge in [0.2, 0.25) is 0 Å². The predicted octanol–water partition coefficient (Wildman–Crippen LogP) is 16.8. The van der Waals surface area contributed by atoms with Crippen molar-refractivity contribution in [2.45, 2.75) is 257 Å². The molecule has 0 rings (SSSR count). The first-order chi connectivity index (χ1) is 33.3. The van der Waals surface area contributed by atoms with Crippen LogP contribution in [-0.4, -0.2) is 66.3 Å². The number of carbonyl (C=O) groups excluding carboxylic acids is 1. The number of ether oxygens (including phenoxy) is 2. The molecule has 3 unspecified atom stereocenters. The highest BCUT2D eigenvalue weighted by Crippen LogP contribution is 2.43. The van der Waals surface area contributed by atoms with Crippen LogP contribution in [0.5, 0.6) is 0 Å². The summed E-state index contributed by atoms with van der Waals surface area (Å²) in [4.78, 5) is 22.8. The van der Waals surface area contributed by atoms with Crippen molar-refractivity contribution in [2.75, 3.05) is 33.0 Å². The lowest BCUT2D eigenvalue weighted by Gasteiger charge is -2.20. The molecule has 9 nitrogen and oxygen atoms in total. The number of phosphoric acid groups is 1. The Morgan fingerprint density at radius 3 is 1.28 bits per heavy atom. The van der Waals surface area contributed by atoms with Gasteiger partial charge in [-0.05, 0) is 83.5 Å². The normalized spacial score (nSPS) is 14.2. The fourth-order valence-electron chi connectivity index (χ4n) is 7.67. The van der Waals surface area contributed by atoms with Crippen molar-refractivity contribution < 1.29 is 43.0 Å². The van der Waals surface area contributed by atoms with Gasteiger partial charge in [0.15, 0.2) is 0 Å². The molecule has 0 heterocycles. The Bertz CT molecular complexity index is 1290. The second-order valence-corrected chi connectivity index (χ2v) is 20.0. The molecule has 0 aromatic carbocycles. The minimum absolute atomic E-state index is 0.0423. The number of phosphoric ester groups is 1. The number of hydrogen-bond donors (Lipinski definition) is 3. The summed E-state index contributed by atoms with van der Waals surface area (Å²) >= 11 is 0. The SMILES string of the molecule is CC/C=C\C/C=C\C/C=C\C/C=C\C/C=C\CCCCCCCCCC(=O)OC(COCCCCCCCCCCCCCC/C=C\CCCCCCCCCC)COP(=O)(O)OCC(O)CO. The van der Waals surface area contributed by atoms with Crippen LogP contribution in [0.15, 0.2) is 72.9 Å². The molecular formula is C58H105O9P. The van der Waals surface area contributed by atoms with Crippen LogP contribution < -0.4 is 0 Å². The molecule has 3 atom stereocenters. The molecule has 0 aliphatic rings. The molecule has 3 N–H and O–H groups in total. The molecule has 0 bridgehead atoms. The van der Waals surface area contributed by atoms with Crippen LogP contribution >= 0.6 is 7.82 Å². The van der Waals surface area contributed by atoms with E-state index in [0.717, 1.165) is 77.0 Å². The number of aliphatic hydroxyl groups is 2. The first-order valence-corrected chi connectivity index (χ1v) is 29.4. The number of esters is 1. The zero-order valence-corrected chi connectivity index (χ0v) is 44.7. The molecule has 396 valence electrons. The maximum atomic E-state index is 12.7. The van der Waals surface area contributed by atoms with Gasteiger partial charge in [-0.3, -0.25) is 13.8 Å². The quantitative estimate of drug-likeness (QED) is 0.0236. The van der Waals surface area contributed by atoms with Crippen LogP contribution in [0.25, 0.3) is 0 Å². The largest absolute Gasteiger partial charge is 0.472 e. The van der Waals surface area contributed by atoms with E-state index in [0.29, 0.717) is 13.0 Å². The third kappa shape index (κ3) is 53.3. The molecule has 0 spiro atoms. The van der Waals surface area contributed by atoms with Gasteiger partial charge >= 0.3 is 13.8 Å². The average molecular weight is 977 g/mol. The van der Waals surface area contributed by atoms with E-state index < -0.39 is 39.2 Å². The molecular weight excluding hydrogens is 872 g/mol. The number of rotatable bonds is 53. The smallest absolute Gasteiger partial charge is 0.457 e. The molecule has 0 aliphatic carbocycles. The van der Waals surface area contributed by atoms with Gasteiger partial charge in [0.05, 0.1) is 26.4 Å². The Kier molecular flexibility index (Phi) is 52.6. The van der Waals surface area contributed by atoms with E-state index in [1.54, 1.807) is 0 Å². The molecule has 0 aromatic rings. The number of hydrogen-bond acceptors (Lipinski definition) is 8. The van der Waals surface area contributed by atoms with Crippen molar-refractivity contribution in [3.8, 4) is 0 Å². The van der Waals surface area contributed by atoms with Crippen molar-refractivity contribution >= 4 is 13.8 Å². The summed E-state index contributed by atoms with van der Waals surface area (Å²) in [7, 11) is -4.53. The van der Waals surface area contributed by atoms with Crippen LogP contribution in [0.3, 0.4) is 0 Å². The lowest BCUT2D eigenvalue weighted by atomic mass is 10.0. The zero-order chi connectivity index (χ0) is 49.5. The molecule has 0 saturated heterocycles. The lowest BCUT2D eigenvalue weighted by Crippen LogP contribution is -2.29. The van der Waals surface area contributed by atoms with Crippen LogP contribution in [0.1, 0.15) is 245 Å². The highest BCUT2D eigenvalue weighted by Gasteiger charge is 2.26. The second kappa shape index (κ2) is 54.2. The summed E-state index contributed by atoms with van der Waals surface area (Å²) in [5, 5.41) is 18.5. The van der Waals surface area contributed by atoms with E-state index in [1.807, 2.05) is 0 Å². The predicted molar refractivity (Wildman–Crippen MR) is 288 cm³/mol. The molecule has 0 aliphatic heterocycles. The Hall–Kier alpha value is -2.10. The van der Waals surface area contributed by atoms with E-state index in [2.05, 4.69) is 86.8 Å². The van der Waals surface area contributed by atoms with Gasteiger partial charge in [-0.15, -0.1) is 0 Å². The van der Waals surface area contributed by atoms with Gasteiger partial charge in [0, 0.05) is 13.0 Å². The topological polar surface area (TPSA) is 132 Å². The minimum Gasteiger partial charge on any atom is -0.457 e. The Morgan fingerprint density at radius 2 is 0.838 bits per heavy atom. The molecule has 0 radical (unpaired) electrons. The van der Waals surface area contributed by atoms with Crippen molar-refractivity contribution in [1.29, 1.82) is 0 Å². The van der Waals surface area contributed by atoms with E-state index in [9.17, 15) is 19.4 Å². The fourth-order valence-corrected chi connectivity index (χ4v) is 8.46. The monoisotopic (exact) mass is 977 g/mol. The van der Waals surface area contributed by atoms with Gasteiger partial charge in [-0.2, -0.15) is 0 Å². The Balaban J connectivity index is 4.06. The number of allylic oxidation sites excluding steroid dienone is 12. The zero-order valence-electron chi connectivity index (χ0n) is 43.8. The first-order valence-electron chi connectivity index (χ1n) is 27.9. The van der Waals surface area contributed by atoms with Crippen molar-refractivity contribution in [1.82, 2.24) is 0 Å². The third-order valence-electron chi connectivity index (χ3n) is 11.9. The summed E-state index contributed by atoms with van der Waals surface area (Å²) in [5.41, 5.74) is 0. The average Bonchev–Trinajstić information content (AvgIpc) is 3.33. The lowest BCUT2D eigenvalue weighted by molar-refractivity contribution is -0.154. The van der Waals surface area contributed by atoms with Gasteiger partial charge in [-0.1, -0.05) is 228 Å². The van der Waals surface area contributed by atoms with Crippen LogP contribution in [0.2, 0.25) is 0 Å². The fraction of sp³-hybridized carbons (Fsp3) is 0.776. The molecule has 10 heteroatoms. The van der Waals surface area contributed by atoms with Gasteiger partial charge in [-0.25, -0.2) is 4.57 Å². The van der Waals surface area contributed by atoms with Gasteiger partial charge < -0.3 is 24.6 Å². The van der Waals surface area contributed by atoms with Gasteiger partial charge in [0.1, 0.15) is 12.2 Å². The first kappa shape index (κ1) is 65.9. The highest BCUT2D eigenvalue weighted by molar-refractivity contribution is 7.47. The van der Waals surface area contributed by atoms with E-state index in [1.165, 1.54) is 141 Å². The molecule has 0 amide bonds. The Morgan fingerprint density at radius 1 is 0.471 bits per heavy atom. The van der Waals surface area contributed by atoms with Crippen LogP contribution in [0.4, 0.5) is 0 Å². The van der Waals surface area contributed by atoms with E-state index >= 15 is 0 Å². The summed E-state index contributed by atoms with van der Waals surface area (Å²) in [6.45, 7) is 3.42. The highest BCUT2D eigenvalue weighted by atomic mass is 31.2. The van der Waals surface area contributed by atoms with E-state index in [4.69, 9.17) is 23.6 Å². The maximum Gasteiger partial charge on any atom is 0.472 e. The van der Waals surface area contributed by atoms with Crippen molar-refractivity contribution in [3.05, 3.63) is 72.9 Å². The molecule has 68 heavy (non-hydrogen) atoms. The maximum absolute atomic E-state index is 12.7. The third-order valence-corrected chi connectivity index (χ3v) is 12.8. The number of aliphatic hydroxyl groups excluding tert-OH is 2. The number of carbonyl (C=O) groups is 1. The molecule has 0 saturated carbocycles. The second-order valence-electron chi connectivity index (χ2n) is 18.6. The van der Waals surface area contributed by atoms with Crippen molar-refractivity contribution in [2.24, 2.45) is 0 Å². The summed E-state index contributed by atoms with van der Waals surface area (Å²) in [6, 6.07) is 0. The summed E-state index contributed by atoms with van der Waals surface area (Å²) in [6.07, 6.45) is 67.3. The summed E-state index contributed by atoms with van der Waals surface area (Å²) in [5.74, 6) is -0.393. The van der Waals surface area contributed by atoms with Crippen LogP contribution in [-0.2, 0) is 27.9 Å². The minimum atomic E-state index is -4.53. The number of unbranched alkanes of at least 4 members (excludes halogenated alkanes) is 27. The van der Waals surface area contributed by atoms with Gasteiger partial charge in [0.25, 0.3) is 0 Å². The standard InChI is InChI=1S/C58H105O9P/c1-3-5-7-9-11-13-15-17-19-21-23-25-27-29-31-33-35-37-39-41-43-45-47-49-51-64-54-57(55-66-68(62,63)65-53-56(60)52-59)67-58(61)50-48-46-44-42-40-38-36-34-32-30-28-26-24-22-20-18-16-14-12-10-8-6-4-2/h6,8,12,14,18,20-21,23-24,26,30,32,56-57,59-60H,3-5,7,9-11,13,15-17,19,22,25,27-29,31,33-55H2,1-2H3,(H,62,63)/b8-6-,14-12-,20-18-,23-21-,26-24-,32-30-. The summed E-state index contributed by atoms with van der Waals surface area (Å²) < 4.78 is 33.6.